The Bertz CT molecular complexity index is 273. The highest BCUT2D eigenvalue weighted by Crippen LogP contribution is 2.09. The molecule has 0 heterocycles. The zero-order valence-electron chi connectivity index (χ0n) is 7.56. The largest absolute Gasteiger partial charge is 0.439 e. The number of carbonyl (C=O) groups excluding carboxylic acids is 1. The molecule has 0 spiro atoms. The van der Waals surface area contributed by atoms with E-state index in [1.54, 1.807) is 24.3 Å². The monoisotopic (exact) mass is 181 g/mol. The molecule has 1 rings (SSSR count). The van der Waals surface area contributed by atoms with E-state index in [0.717, 1.165) is 5.06 Å². The number of hydrogen-bond donors (Lipinski definition) is 0. The Morgan fingerprint density at radius 2 is 1.92 bits per heavy atom. The first kappa shape index (κ1) is 9.54. The number of hydroxylamine groups is 2. The molecule has 0 aromatic heterocycles. The second-order valence-electron chi connectivity index (χ2n) is 2.36. The molecule has 0 saturated heterocycles. The van der Waals surface area contributed by atoms with Crippen LogP contribution in [0.1, 0.15) is 0 Å². The maximum absolute atomic E-state index is 11.1. The summed E-state index contributed by atoms with van der Waals surface area (Å²) in [6, 6.07) is 8.81. The van der Waals surface area contributed by atoms with E-state index in [-0.39, 0.29) is 0 Å². The van der Waals surface area contributed by atoms with E-state index in [9.17, 15) is 4.79 Å². The molecule has 1 aromatic rings. The first-order valence-electron chi connectivity index (χ1n) is 3.78. The molecule has 0 saturated carbocycles. The minimum atomic E-state index is -0.547. The van der Waals surface area contributed by atoms with Crippen LogP contribution in [0, 0.1) is 0 Å². The standard InChI is InChI=1S/C9H11NO3/c1-10(12-2)9(11)13-8-6-4-3-5-7-8/h3-7H,1-2H3. The Morgan fingerprint density at radius 3 is 2.46 bits per heavy atom. The first-order valence-corrected chi connectivity index (χ1v) is 3.78. The molecule has 0 radical (unpaired) electrons. The summed E-state index contributed by atoms with van der Waals surface area (Å²) in [6.07, 6.45) is -0.547. The molecule has 0 atom stereocenters. The number of nitrogens with zero attached hydrogens (tertiary/aromatic N) is 1. The number of para-hydroxylation sites is 1. The second-order valence-corrected chi connectivity index (χ2v) is 2.36. The summed E-state index contributed by atoms with van der Waals surface area (Å²) >= 11 is 0. The van der Waals surface area contributed by atoms with Gasteiger partial charge in [-0.1, -0.05) is 18.2 Å². The van der Waals surface area contributed by atoms with Gasteiger partial charge in [-0.15, -0.1) is 0 Å². The van der Waals surface area contributed by atoms with Crippen LogP contribution in [0.3, 0.4) is 0 Å². The predicted octanol–water partition coefficient (Wildman–Crippen LogP) is 1.68. The topological polar surface area (TPSA) is 38.8 Å². The summed E-state index contributed by atoms with van der Waals surface area (Å²) in [5.41, 5.74) is 0. The molecular weight excluding hydrogens is 170 g/mol. The van der Waals surface area contributed by atoms with E-state index in [1.165, 1.54) is 14.2 Å². The maximum atomic E-state index is 11.1. The van der Waals surface area contributed by atoms with Crippen molar-refractivity contribution in [2.75, 3.05) is 14.2 Å². The lowest BCUT2D eigenvalue weighted by atomic mass is 10.3. The number of benzene rings is 1. The number of rotatable bonds is 2. The van der Waals surface area contributed by atoms with E-state index < -0.39 is 6.09 Å². The second kappa shape index (κ2) is 4.47. The van der Waals surface area contributed by atoms with Crippen LogP contribution in [-0.2, 0) is 4.84 Å². The Morgan fingerprint density at radius 1 is 1.31 bits per heavy atom. The van der Waals surface area contributed by atoms with E-state index in [1.807, 2.05) is 6.07 Å². The predicted molar refractivity (Wildman–Crippen MR) is 47.2 cm³/mol. The van der Waals surface area contributed by atoms with Gasteiger partial charge in [-0.3, -0.25) is 4.84 Å². The summed E-state index contributed by atoms with van der Waals surface area (Å²) in [7, 11) is 2.87. The fraction of sp³-hybridized carbons (Fsp3) is 0.222. The van der Waals surface area contributed by atoms with Crippen molar-refractivity contribution in [3.8, 4) is 5.75 Å². The smallest absolute Gasteiger partial charge is 0.409 e. The van der Waals surface area contributed by atoms with Gasteiger partial charge in [0.25, 0.3) is 0 Å². The number of ether oxygens (including phenoxy) is 1. The zero-order valence-corrected chi connectivity index (χ0v) is 7.56. The van der Waals surface area contributed by atoms with Crippen molar-refractivity contribution in [3.05, 3.63) is 30.3 Å². The summed E-state index contributed by atoms with van der Waals surface area (Å²) in [4.78, 5) is 15.8. The molecule has 4 nitrogen and oxygen atoms in total. The quantitative estimate of drug-likeness (QED) is 0.651. The molecule has 0 unspecified atom stereocenters. The van der Waals surface area contributed by atoms with Crippen LogP contribution in [0.2, 0.25) is 0 Å². The van der Waals surface area contributed by atoms with Crippen molar-refractivity contribution in [3.63, 3.8) is 0 Å². The molecule has 0 aliphatic carbocycles. The lowest BCUT2D eigenvalue weighted by Gasteiger charge is -2.12. The van der Waals surface area contributed by atoms with Gasteiger partial charge in [0.2, 0.25) is 0 Å². The average Bonchev–Trinajstić information content (AvgIpc) is 2.18. The van der Waals surface area contributed by atoms with Crippen LogP contribution in [-0.4, -0.2) is 25.3 Å². The van der Waals surface area contributed by atoms with Crippen molar-refractivity contribution in [1.29, 1.82) is 0 Å². The number of amides is 1. The Balaban J connectivity index is 2.55. The maximum Gasteiger partial charge on any atom is 0.439 e. The molecule has 13 heavy (non-hydrogen) atoms. The van der Waals surface area contributed by atoms with Gasteiger partial charge < -0.3 is 4.74 Å². The van der Waals surface area contributed by atoms with Gasteiger partial charge in [-0.05, 0) is 12.1 Å². The lowest BCUT2D eigenvalue weighted by Crippen LogP contribution is -2.28. The van der Waals surface area contributed by atoms with E-state index in [0.29, 0.717) is 5.75 Å². The minimum absolute atomic E-state index is 0.497. The van der Waals surface area contributed by atoms with Crippen molar-refractivity contribution in [1.82, 2.24) is 5.06 Å². The van der Waals surface area contributed by atoms with Gasteiger partial charge in [0.05, 0.1) is 7.11 Å². The van der Waals surface area contributed by atoms with Gasteiger partial charge in [0.15, 0.2) is 0 Å². The molecule has 70 valence electrons. The van der Waals surface area contributed by atoms with Gasteiger partial charge in [0, 0.05) is 7.05 Å². The van der Waals surface area contributed by atoms with Crippen LogP contribution in [0.5, 0.6) is 5.75 Å². The molecule has 0 bridgehead atoms. The summed E-state index contributed by atoms with van der Waals surface area (Å²) < 4.78 is 4.93. The van der Waals surface area contributed by atoms with Crippen LogP contribution in [0.4, 0.5) is 4.79 Å². The van der Waals surface area contributed by atoms with Crippen LogP contribution in [0.25, 0.3) is 0 Å². The summed E-state index contributed by atoms with van der Waals surface area (Å²) in [5, 5.41) is 1.01. The normalized spacial score (nSPS) is 9.38. The lowest BCUT2D eigenvalue weighted by molar-refractivity contribution is -0.0790. The number of hydrogen-bond acceptors (Lipinski definition) is 3. The Labute approximate surface area is 76.6 Å². The van der Waals surface area contributed by atoms with Crippen LogP contribution in [0.15, 0.2) is 30.3 Å². The van der Waals surface area contributed by atoms with Crippen molar-refractivity contribution < 1.29 is 14.4 Å². The highest BCUT2D eigenvalue weighted by molar-refractivity contribution is 5.69. The zero-order chi connectivity index (χ0) is 9.68. The highest BCUT2D eigenvalue weighted by Gasteiger charge is 2.09. The highest BCUT2D eigenvalue weighted by atomic mass is 16.7. The molecule has 0 aliphatic rings. The van der Waals surface area contributed by atoms with Crippen LogP contribution < -0.4 is 4.74 Å². The average molecular weight is 181 g/mol. The van der Waals surface area contributed by atoms with Gasteiger partial charge in [-0.25, -0.2) is 4.79 Å². The fourth-order valence-corrected chi connectivity index (χ4v) is 0.728. The Kier molecular flexibility index (Phi) is 3.28. The number of carbonyl (C=O) groups is 1. The van der Waals surface area contributed by atoms with Gasteiger partial charge >= 0.3 is 6.09 Å². The molecular formula is C9H11NO3. The van der Waals surface area contributed by atoms with Gasteiger partial charge in [-0.2, -0.15) is 5.06 Å². The van der Waals surface area contributed by atoms with Crippen LogP contribution >= 0.6 is 0 Å². The molecule has 1 amide bonds. The Hall–Kier alpha value is -1.55. The summed E-state index contributed by atoms with van der Waals surface area (Å²) in [6.45, 7) is 0. The fourth-order valence-electron chi connectivity index (χ4n) is 0.728. The minimum Gasteiger partial charge on any atom is -0.409 e. The van der Waals surface area contributed by atoms with Crippen molar-refractivity contribution >= 4 is 6.09 Å². The van der Waals surface area contributed by atoms with Crippen molar-refractivity contribution in [2.24, 2.45) is 0 Å². The molecule has 0 fully saturated rings. The molecule has 0 N–H and O–H groups in total. The third-order valence-electron chi connectivity index (χ3n) is 1.48. The molecule has 4 heteroatoms. The molecule has 1 aromatic carbocycles. The SMILES string of the molecule is CON(C)C(=O)Oc1ccccc1. The van der Waals surface area contributed by atoms with E-state index in [2.05, 4.69) is 4.84 Å². The first-order chi connectivity index (χ1) is 6.24. The van der Waals surface area contributed by atoms with E-state index >= 15 is 0 Å². The van der Waals surface area contributed by atoms with Crippen molar-refractivity contribution in [2.45, 2.75) is 0 Å². The third kappa shape index (κ3) is 2.76. The van der Waals surface area contributed by atoms with Gasteiger partial charge in [0.1, 0.15) is 5.75 Å². The molecule has 0 aliphatic heterocycles. The third-order valence-corrected chi connectivity index (χ3v) is 1.48. The summed E-state index contributed by atoms with van der Waals surface area (Å²) in [5.74, 6) is 0.497. The van der Waals surface area contributed by atoms with E-state index in [4.69, 9.17) is 4.74 Å².